The van der Waals surface area contributed by atoms with Crippen LogP contribution in [0.2, 0.25) is 0 Å². The lowest BCUT2D eigenvalue weighted by Gasteiger charge is -2.08. The maximum atomic E-state index is 4.42. The van der Waals surface area contributed by atoms with E-state index in [0.29, 0.717) is 0 Å². The Labute approximate surface area is 133 Å². The maximum absolute atomic E-state index is 4.42. The zero-order valence-electron chi connectivity index (χ0n) is 12.5. The molecule has 0 N–H and O–H groups in total. The Balaban J connectivity index is 1.70. The largest absolute Gasteiger partial charge is 0.329 e. The molecular formula is C15H18N6S. The molecule has 3 rings (SSSR count). The molecule has 3 aromatic heterocycles. The number of hydrogen-bond acceptors (Lipinski definition) is 5. The van der Waals surface area contributed by atoms with E-state index in [1.165, 1.54) is 0 Å². The average Bonchev–Trinajstić information content (AvgIpc) is 3.22. The zero-order chi connectivity index (χ0) is 15.2. The minimum absolute atomic E-state index is 0.807. The van der Waals surface area contributed by atoms with Crippen molar-refractivity contribution in [3.63, 3.8) is 0 Å². The van der Waals surface area contributed by atoms with E-state index >= 15 is 0 Å². The molecule has 0 unspecified atom stereocenters. The second-order valence-corrected chi connectivity index (χ2v) is 5.88. The highest BCUT2D eigenvalue weighted by Gasteiger charge is 2.07. The molecule has 0 atom stereocenters. The first-order valence-corrected chi connectivity index (χ1v) is 8.29. The summed E-state index contributed by atoms with van der Waals surface area (Å²) in [6, 6.07) is 1.93. The fourth-order valence-corrected chi connectivity index (χ4v) is 2.73. The third-order valence-corrected chi connectivity index (χ3v) is 4.25. The molecule has 0 aliphatic rings. The quantitative estimate of drug-likeness (QED) is 0.496. The van der Waals surface area contributed by atoms with Gasteiger partial charge in [-0.25, -0.2) is 15.0 Å². The monoisotopic (exact) mass is 314 g/mol. The van der Waals surface area contributed by atoms with Crippen LogP contribution in [0.4, 0.5) is 0 Å². The van der Waals surface area contributed by atoms with Gasteiger partial charge in [0.1, 0.15) is 5.82 Å². The van der Waals surface area contributed by atoms with Crippen LogP contribution in [0.25, 0.3) is 11.4 Å². The van der Waals surface area contributed by atoms with E-state index in [2.05, 4.69) is 31.5 Å². The van der Waals surface area contributed by atoms with Crippen LogP contribution < -0.4 is 0 Å². The summed E-state index contributed by atoms with van der Waals surface area (Å²) in [7, 11) is 0. The molecule has 0 aliphatic heterocycles. The Hall–Kier alpha value is -2.15. The summed E-state index contributed by atoms with van der Waals surface area (Å²) in [6.07, 6.45) is 12.3. The highest BCUT2D eigenvalue weighted by atomic mass is 32.2. The van der Waals surface area contributed by atoms with Crippen LogP contribution in [0.15, 0.2) is 48.4 Å². The van der Waals surface area contributed by atoms with E-state index in [9.17, 15) is 0 Å². The van der Waals surface area contributed by atoms with E-state index < -0.39 is 0 Å². The van der Waals surface area contributed by atoms with Crippen molar-refractivity contribution < 1.29 is 0 Å². The lowest BCUT2D eigenvalue weighted by atomic mass is 10.3. The van der Waals surface area contributed by atoms with Gasteiger partial charge in [-0.3, -0.25) is 4.68 Å². The molecule has 0 aromatic carbocycles. The van der Waals surface area contributed by atoms with E-state index in [0.717, 1.165) is 41.8 Å². The van der Waals surface area contributed by atoms with Gasteiger partial charge in [-0.1, -0.05) is 18.7 Å². The Bertz CT molecular complexity index is 689. The van der Waals surface area contributed by atoms with Crippen LogP contribution in [0.3, 0.4) is 0 Å². The Morgan fingerprint density at radius 1 is 1.05 bits per heavy atom. The number of aryl methyl sites for hydroxylation is 2. The highest BCUT2D eigenvalue weighted by Crippen LogP contribution is 2.19. The molecule has 114 valence electrons. The van der Waals surface area contributed by atoms with E-state index in [1.54, 1.807) is 24.2 Å². The van der Waals surface area contributed by atoms with Crippen molar-refractivity contribution in [1.29, 1.82) is 0 Å². The summed E-state index contributed by atoms with van der Waals surface area (Å²) in [5.41, 5.74) is 0.936. The van der Waals surface area contributed by atoms with Gasteiger partial charge in [-0.05, 0) is 12.5 Å². The molecule has 6 nitrogen and oxygen atoms in total. The van der Waals surface area contributed by atoms with Crippen molar-refractivity contribution in [2.24, 2.45) is 0 Å². The zero-order valence-corrected chi connectivity index (χ0v) is 13.3. The van der Waals surface area contributed by atoms with Gasteiger partial charge >= 0.3 is 0 Å². The van der Waals surface area contributed by atoms with Crippen molar-refractivity contribution in [2.45, 2.75) is 31.6 Å². The number of imidazole rings is 1. The summed E-state index contributed by atoms with van der Waals surface area (Å²) in [6.45, 7) is 3.77. The van der Waals surface area contributed by atoms with E-state index in [-0.39, 0.29) is 0 Å². The van der Waals surface area contributed by atoms with Gasteiger partial charge < -0.3 is 4.57 Å². The Morgan fingerprint density at radius 3 is 2.64 bits per heavy atom. The normalized spacial score (nSPS) is 11.0. The molecule has 0 bridgehead atoms. The second-order valence-electron chi connectivity index (χ2n) is 4.82. The number of hydrogen-bond donors (Lipinski definition) is 0. The third-order valence-electron chi connectivity index (χ3n) is 3.17. The van der Waals surface area contributed by atoms with Crippen LogP contribution >= 0.6 is 11.8 Å². The van der Waals surface area contributed by atoms with Crippen molar-refractivity contribution in [3.05, 3.63) is 43.2 Å². The second kappa shape index (κ2) is 7.22. The van der Waals surface area contributed by atoms with Crippen LogP contribution in [-0.2, 0) is 13.1 Å². The summed E-state index contributed by atoms with van der Waals surface area (Å²) in [5.74, 6) is 1.93. The first-order chi connectivity index (χ1) is 10.9. The van der Waals surface area contributed by atoms with E-state index in [4.69, 9.17) is 0 Å². The predicted molar refractivity (Wildman–Crippen MR) is 86.5 cm³/mol. The fraction of sp³-hybridized carbons (Fsp3) is 0.333. The van der Waals surface area contributed by atoms with Gasteiger partial charge in [0.2, 0.25) is 0 Å². The van der Waals surface area contributed by atoms with E-state index in [1.807, 2.05) is 35.5 Å². The van der Waals surface area contributed by atoms with Crippen molar-refractivity contribution in [2.75, 3.05) is 5.75 Å². The molecular weight excluding hydrogens is 296 g/mol. The molecule has 3 heterocycles. The summed E-state index contributed by atoms with van der Waals surface area (Å²) in [4.78, 5) is 13.2. The Morgan fingerprint density at radius 2 is 1.91 bits per heavy atom. The molecule has 0 spiro atoms. The van der Waals surface area contributed by atoms with Crippen molar-refractivity contribution in [1.82, 2.24) is 29.3 Å². The lowest BCUT2D eigenvalue weighted by Crippen LogP contribution is -2.08. The molecule has 0 fully saturated rings. The van der Waals surface area contributed by atoms with Crippen LogP contribution in [-0.4, -0.2) is 35.1 Å². The predicted octanol–water partition coefficient (Wildman–Crippen LogP) is 2.74. The maximum Gasteiger partial charge on any atom is 0.187 e. The molecule has 0 radical (unpaired) electrons. The molecule has 22 heavy (non-hydrogen) atoms. The topological polar surface area (TPSA) is 61.4 Å². The number of aromatic nitrogens is 6. The SMILES string of the molecule is CCCSc1ncc(-c2nccn2CCn2cccn2)cn1. The van der Waals surface area contributed by atoms with Crippen molar-refractivity contribution in [3.8, 4) is 11.4 Å². The molecule has 0 amide bonds. The number of nitrogens with zero attached hydrogens (tertiary/aromatic N) is 6. The van der Waals surface area contributed by atoms with Gasteiger partial charge in [0.05, 0.1) is 12.1 Å². The molecule has 7 heteroatoms. The summed E-state index contributed by atoms with van der Waals surface area (Å²) < 4.78 is 4.00. The van der Waals surface area contributed by atoms with Gasteiger partial charge in [0.15, 0.2) is 5.16 Å². The third kappa shape index (κ3) is 3.54. The van der Waals surface area contributed by atoms with Gasteiger partial charge in [0.25, 0.3) is 0 Å². The van der Waals surface area contributed by atoms with Crippen LogP contribution in [0.5, 0.6) is 0 Å². The van der Waals surface area contributed by atoms with Crippen LogP contribution in [0, 0.1) is 0 Å². The molecule has 0 aliphatic carbocycles. The standard InChI is InChI=1S/C15H18N6S/c1-2-10-22-15-17-11-13(12-18-15)14-16-5-7-20(14)8-9-21-6-3-4-19-21/h3-7,11-12H,2,8-10H2,1H3. The van der Waals surface area contributed by atoms with Gasteiger partial charge in [-0.15, -0.1) is 0 Å². The first-order valence-electron chi connectivity index (χ1n) is 7.30. The van der Waals surface area contributed by atoms with Gasteiger partial charge in [0, 0.05) is 49.5 Å². The average molecular weight is 314 g/mol. The highest BCUT2D eigenvalue weighted by molar-refractivity contribution is 7.99. The molecule has 0 saturated heterocycles. The Kier molecular flexibility index (Phi) is 4.85. The number of thioether (sulfide) groups is 1. The number of rotatable bonds is 7. The smallest absolute Gasteiger partial charge is 0.187 e. The lowest BCUT2D eigenvalue weighted by molar-refractivity contribution is 0.536. The minimum Gasteiger partial charge on any atom is -0.329 e. The summed E-state index contributed by atoms with van der Waals surface area (Å²) in [5, 5.41) is 5.03. The fourth-order valence-electron chi connectivity index (χ4n) is 2.09. The molecule has 3 aromatic rings. The van der Waals surface area contributed by atoms with Crippen LogP contribution in [0.1, 0.15) is 13.3 Å². The van der Waals surface area contributed by atoms with Crippen molar-refractivity contribution >= 4 is 11.8 Å². The first kappa shape index (κ1) is 14.8. The van der Waals surface area contributed by atoms with Gasteiger partial charge in [-0.2, -0.15) is 5.10 Å². The molecule has 0 saturated carbocycles. The minimum atomic E-state index is 0.807. The summed E-state index contributed by atoms with van der Waals surface area (Å²) >= 11 is 1.68.